The molecule has 36 heteroatoms. The van der Waals surface area contributed by atoms with Crippen LogP contribution in [0.15, 0.2) is 0 Å². The van der Waals surface area contributed by atoms with Gasteiger partial charge < -0.3 is 141 Å². The van der Waals surface area contributed by atoms with Crippen LogP contribution >= 0.6 is 0 Å². The number of likely N-dealkylation sites (tertiary alicyclic amines) is 1. The molecule has 0 aromatic carbocycles. The van der Waals surface area contributed by atoms with Crippen LogP contribution < -0.4 is 26.6 Å². The first-order valence-electron chi connectivity index (χ1n) is 41.4. The van der Waals surface area contributed by atoms with Crippen molar-refractivity contribution in [2.45, 2.75) is 311 Å². The van der Waals surface area contributed by atoms with Gasteiger partial charge in [-0.1, -0.05) is 47.0 Å². The molecule has 5 aliphatic rings. The topological polar surface area (TPSA) is 546 Å². The number of methoxy groups -OCH3 is 1. The number of carbonyl (C=O) groups excluding carboxylic acids is 8. The molecule has 0 radical (unpaired) electrons. The number of hydrogen-bond acceptors (Lipinski definition) is 30. The van der Waals surface area contributed by atoms with Gasteiger partial charge in [-0.05, 0) is 103 Å². The summed E-state index contributed by atoms with van der Waals surface area (Å²) < 4.78 is 51.0. The van der Waals surface area contributed by atoms with Crippen molar-refractivity contribution >= 4 is 47.0 Å². The molecule has 0 aromatic rings. The lowest BCUT2D eigenvalue weighted by Gasteiger charge is -2.40. The van der Waals surface area contributed by atoms with E-state index in [1.165, 1.54) is 7.11 Å². The zero-order valence-electron chi connectivity index (χ0n) is 67.4. The zero-order chi connectivity index (χ0) is 83.8. The molecule has 5 aliphatic heterocycles. The minimum Gasteiger partial charge on any atom is -0.394 e. The molecular weight excluding hydrogens is 1500 g/mol. The molecule has 18 N–H and O–H groups in total. The Bertz CT molecular complexity index is 2780. The van der Waals surface area contributed by atoms with Gasteiger partial charge in [0.1, 0.15) is 54.6 Å². The third kappa shape index (κ3) is 33.8. The third-order valence-electron chi connectivity index (χ3n) is 22.3. The Balaban J connectivity index is 1.21. The molecule has 5 heterocycles. The first-order chi connectivity index (χ1) is 54.6. The summed E-state index contributed by atoms with van der Waals surface area (Å²) in [6.07, 6.45) is -11.1. The van der Waals surface area contributed by atoms with Crippen molar-refractivity contribution in [3.05, 3.63) is 0 Å². The maximum absolute atomic E-state index is 14.7. The summed E-state index contributed by atoms with van der Waals surface area (Å²) in [6, 6.07) is -1.28. The number of aliphatic hydroxyl groups excluding tert-OH is 13. The van der Waals surface area contributed by atoms with E-state index in [-0.39, 0.29) is 153 Å². The second-order valence-corrected chi connectivity index (χ2v) is 31.4. The van der Waals surface area contributed by atoms with E-state index in [9.17, 15) is 105 Å². The van der Waals surface area contributed by atoms with E-state index < -0.39 is 196 Å². The zero-order valence-corrected chi connectivity index (χ0v) is 67.4. The minimum absolute atomic E-state index is 0.0254. The molecule has 5 saturated heterocycles. The Morgan fingerprint density at radius 2 is 0.772 bits per heavy atom. The van der Waals surface area contributed by atoms with Gasteiger partial charge in [0.05, 0.1) is 88.7 Å². The van der Waals surface area contributed by atoms with Crippen LogP contribution in [-0.2, 0) is 81.0 Å². The minimum atomic E-state index is -1.31. The van der Waals surface area contributed by atoms with Crippen LogP contribution in [0.5, 0.6) is 0 Å². The molecule has 6 amide bonds. The fourth-order valence-electron chi connectivity index (χ4n) is 14.8. The number of ketones is 2. The molecule has 5 fully saturated rings. The van der Waals surface area contributed by atoms with Crippen molar-refractivity contribution in [1.82, 2.24) is 31.5 Å². The van der Waals surface area contributed by atoms with E-state index >= 15 is 0 Å². The fraction of sp³-hybridized carbons (Fsp3) is 0.897. The van der Waals surface area contributed by atoms with Crippen LogP contribution in [-0.4, -0.2) is 334 Å². The largest absolute Gasteiger partial charge is 0.394 e. The fourth-order valence-corrected chi connectivity index (χ4v) is 14.8. The van der Waals surface area contributed by atoms with Gasteiger partial charge in [-0.25, -0.2) is 0 Å². The van der Waals surface area contributed by atoms with Crippen molar-refractivity contribution in [3.8, 4) is 0 Å². The van der Waals surface area contributed by atoms with Crippen LogP contribution in [0.2, 0.25) is 0 Å². The van der Waals surface area contributed by atoms with E-state index in [0.29, 0.717) is 109 Å². The average Bonchev–Trinajstić information content (AvgIpc) is 1.21. The van der Waals surface area contributed by atoms with E-state index in [2.05, 4.69) is 26.6 Å². The van der Waals surface area contributed by atoms with Crippen molar-refractivity contribution in [2.75, 3.05) is 99.3 Å². The lowest BCUT2D eigenvalue weighted by atomic mass is 9.90. The Kier molecular flexibility index (Phi) is 47.7. The Hall–Kier alpha value is -4.72. The molecule has 660 valence electrons. The number of unbranched alkanes of at least 4 members (excludes halogenated alkanes) is 8. The summed E-state index contributed by atoms with van der Waals surface area (Å²) >= 11 is 0. The van der Waals surface area contributed by atoms with Gasteiger partial charge in [0.2, 0.25) is 35.4 Å². The smallest absolute Gasteiger partial charge is 0.223 e. The van der Waals surface area contributed by atoms with Crippen LogP contribution in [0.4, 0.5) is 0 Å². The molecule has 11 unspecified atom stereocenters. The van der Waals surface area contributed by atoms with Gasteiger partial charge in [-0.15, -0.1) is 0 Å². The monoisotopic (exact) mass is 1640 g/mol. The predicted octanol–water partition coefficient (Wildman–Crippen LogP) is -1.97. The molecule has 0 spiro atoms. The predicted molar refractivity (Wildman–Crippen MR) is 406 cm³/mol. The number of carbonyl (C=O) groups is 8. The Labute approximate surface area is 669 Å². The van der Waals surface area contributed by atoms with Gasteiger partial charge in [-0.2, -0.15) is 0 Å². The standard InChI is InChI=1S/C78H138N6O30/c1-46-65(96)69(100)57(41-85)111-75(46)107-33-18-11-23-53(89)37-50(21-8-15-29-80-62(93)28-36-110-78-49(4)68(99)72(103)60(44-88)114-78)73(104)82-32-16-9-22-51(74(105)81-31-14-6-7-27-64(95)84-40-54(90)39-52(84)45-106-5)38-56(91)55(83-63(94)26-13-20-35-109-77-48(3)67(98)71(102)59(43-87)113-77)24-10-17-30-79-61(92)25-12-19-34-108-76-47(2)66(97)70(101)58(42-86)112-76/h46-52,54-55,57-60,65-72,75-78,85-88,90,96-103H,6-45H2,1-5H3,(H,79,92)(H,80,93)(H,81,105)(H,82,104)(H,83,94)/t46?,47?,48?,49?,50?,51?,52-,54+,55?,57?,58?,59?,60?,65+,66+,67+,68+,69-,70-,71-,72-,75+,76+,77+,78+/m0/s1. The highest BCUT2D eigenvalue weighted by Crippen LogP contribution is 2.32. The molecule has 5 rings (SSSR count). The number of Topliss-reactive ketones (excluding diaryl/α,β-unsaturated/α-hetero) is 2. The highest BCUT2D eigenvalue weighted by Gasteiger charge is 2.46. The molecule has 0 aromatic heterocycles. The number of nitrogens with zero attached hydrogens (tertiary/aromatic N) is 1. The number of ether oxygens (including phenoxy) is 9. The van der Waals surface area contributed by atoms with Gasteiger partial charge in [0.25, 0.3) is 0 Å². The molecular formula is C78H138N6O30. The lowest BCUT2D eigenvalue weighted by Crippen LogP contribution is -2.55. The van der Waals surface area contributed by atoms with Crippen molar-refractivity contribution in [2.24, 2.45) is 35.5 Å². The maximum atomic E-state index is 14.7. The summed E-state index contributed by atoms with van der Waals surface area (Å²) in [6.45, 7) is 6.10. The Morgan fingerprint density at radius 3 is 1.20 bits per heavy atom. The lowest BCUT2D eigenvalue weighted by molar-refractivity contribution is -0.282. The van der Waals surface area contributed by atoms with Crippen LogP contribution in [0, 0.1) is 35.5 Å². The summed E-state index contributed by atoms with van der Waals surface area (Å²) in [5, 5.41) is 146. The van der Waals surface area contributed by atoms with Crippen LogP contribution in [0.1, 0.15) is 195 Å². The van der Waals surface area contributed by atoms with Crippen LogP contribution in [0.25, 0.3) is 0 Å². The van der Waals surface area contributed by atoms with Crippen molar-refractivity contribution in [3.63, 3.8) is 0 Å². The normalized spacial score (nSPS) is 30.6. The second-order valence-electron chi connectivity index (χ2n) is 31.4. The van der Waals surface area contributed by atoms with E-state index in [1.807, 2.05) is 0 Å². The highest BCUT2D eigenvalue weighted by molar-refractivity contribution is 5.92. The summed E-state index contributed by atoms with van der Waals surface area (Å²) in [5.74, 6) is -6.69. The third-order valence-corrected chi connectivity index (χ3v) is 22.3. The number of nitrogens with one attached hydrogen (secondary N) is 5. The highest BCUT2D eigenvalue weighted by atomic mass is 16.7. The molecule has 0 saturated carbocycles. The maximum Gasteiger partial charge on any atom is 0.223 e. The molecule has 0 aliphatic carbocycles. The first kappa shape index (κ1) is 99.8. The van der Waals surface area contributed by atoms with Gasteiger partial charge >= 0.3 is 0 Å². The molecule has 25 atom stereocenters. The van der Waals surface area contributed by atoms with Gasteiger partial charge in [-0.3, -0.25) is 38.4 Å². The quantitative estimate of drug-likeness (QED) is 0.0294. The van der Waals surface area contributed by atoms with E-state index in [1.54, 1.807) is 32.6 Å². The first-order valence-corrected chi connectivity index (χ1v) is 41.4. The SMILES string of the molecule is COC[C@@H]1C[C@@H](O)CN1C(=O)CCCCCNC(=O)C(CCCCNC(=O)C(CCCCNC(=O)CCO[C@@H]1OC(CO)[C@H](O)[C@H](O)C1C)CC(=O)CCCCO[C@@H]1OC(CO)[C@H](O)[C@H](O)C1C)CC(=O)C(CCCCNC(=O)CCCCO[C@@H]1OC(CO)[C@H](O)[C@H](O)C1C)NC(=O)CCCCO[C@@H]1OC(CO)[C@H](O)[C@H](O)C1C. The van der Waals surface area contributed by atoms with Crippen molar-refractivity contribution in [1.29, 1.82) is 0 Å². The molecule has 0 bridgehead atoms. The van der Waals surface area contributed by atoms with E-state index in [0.717, 1.165) is 0 Å². The number of rotatable bonds is 57. The van der Waals surface area contributed by atoms with Gasteiger partial charge in [0, 0.05) is 134 Å². The van der Waals surface area contributed by atoms with E-state index in [4.69, 9.17) is 42.6 Å². The van der Waals surface area contributed by atoms with Crippen molar-refractivity contribution < 1.29 is 147 Å². The Morgan fingerprint density at radius 1 is 0.404 bits per heavy atom. The number of amides is 6. The average molecular weight is 1640 g/mol. The number of hydrogen-bond donors (Lipinski definition) is 18. The van der Waals surface area contributed by atoms with Crippen LogP contribution in [0.3, 0.4) is 0 Å². The summed E-state index contributed by atoms with van der Waals surface area (Å²) in [4.78, 5) is 111. The van der Waals surface area contributed by atoms with Gasteiger partial charge in [0.15, 0.2) is 30.9 Å². The second kappa shape index (κ2) is 54.5. The summed E-state index contributed by atoms with van der Waals surface area (Å²) in [5.41, 5.74) is 0. The summed E-state index contributed by atoms with van der Waals surface area (Å²) in [7, 11) is 1.54. The molecule has 36 nitrogen and oxygen atoms in total. The number of β-amino-alcohol motifs (C(OH)–C–C–N with tert-alkyl or cyclic N) is 1. The molecule has 114 heavy (non-hydrogen) atoms. The number of aliphatic hydroxyl groups is 13.